The van der Waals surface area contributed by atoms with E-state index >= 15 is 0 Å². The Morgan fingerprint density at radius 1 is 0.818 bits per heavy atom. The molecule has 4 heteroatoms. The molecule has 0 aromatic heterocycles. The van der Waals surface area contributed by atoms with E-state index in [9.17, 15) is 4.79 Å². The van der Waals surface area contributed by atoms with Crippen LogP contribution in [-0.2, 0) is 0 Å². The molecule has 4 nitrogen and oxygen atoms in total. The van der Waals surface area contributed by atoms with Crippen molar-refractivity contribution in [2.45, 2.75) is 51.0 Å². The first-order valence-electron chi connectivity index (χ1n) is 12.0. The van der Waals surface area contributed by atoms with Crippen molar-refractivity contribution in [3.05, 3.63) is 95.1 Å². The third kappa shape index (κ3) is 4.47. The first kappa shape index (κ1) is 21.6. The van der Waals surface area contributed by atoms with Crippen LogP contribution in [0.1, 0.15) is 67.7 Å². The summed E-state index contributed by atoms with van der Waals surface area (Å²) in [5, 5.41) is 6.17. The molecular formula is C29H33N3O. The van der Waals surface area contributed by atoms with E-state index in [1.165, 1.54) is 27.9 Å². The highest BCUT2D eigenvalue weighted by Gasteiger charge is 2.35. The summed E-state index contributed by atoms with van der Waals surface area (Å²) in [5.41, 5.74) is 7.30. The lowest BCUT2D eigenvalue weighted by molar-refractivity contribution is 0.244. The standard InChI is InChI=1S/C29H33N3O/c1-29(2,3)31-28(33)30-22-18-25-23(20-10-6-4-7-11-20)14-16-32-17-15-24(26(19-22)27(25)32)21-12-8-5-9-13-21/h4-13,18-19,23-24H,14-17H2,1-3H3,(H2,30,31,33). The second kappa shape index (κ2) is 8.58. The molecule has 2 aliphatic rings. The van der Waals surface area contributed by atoms with Gasteiger partial charge in [-0.15, -0.1) is 0 Å². The van der Waals surface area contributed by atoms with Crippen LogP contribution in [0.25, 0.3) is 0 Å². The topological polar surface area (TPSA) is 44.4 Å². The van der Waals surface area contributed by atoms with Crippen LogP contribution in [0.2, 0.25) is 0 Å². The smallest absolute Gasteiger partial charge is 0.319 e. The molecule has 2 amide bonds. The third-order valence-electron chi connectivity index (χ3n) is 6.76. The lowest BCUT2D eigenvalue weighted by Crippen LogP contribution is -2.43. The van der Waals surface area contributed by atoms with Gasteiger partial charge in [0.1, 0.15) is 0 Å². The fourth-order valence-corrected chi connectivity index (χ4v) is 5.43. The predicted molar refractivity (Wildman–Crippen MR) is 136 cm³/mol. The fourth-order valence-electron chi connectivity index (χ4n) is 5.43. The van der Waals surface area contributed by atoms with E-state index in [0.29, 0.717) is 11.8 Å². The molecule has 3 aromatic carbocycles. The average molecular weight is 440 g/mol. The minimum absolute atomic E-state index is 0.161. The summed E-state index contributed by atoms with van der Waals surface area (Å²) in [6.07, 6.45) is 2.17. The maximum Gasteiger partial charge on any atom is 0.319 e. The number of nitrogens with one attached hydrogen (secondary N) is 2. The Balaban J connectivity index is 1.62. The zero-order valence-electron chi connectivity index (χ0n) is 19.8. The third-order valence-corrected chi connectivity index (χ3v) is 6.76. The van der Waals surface area contributed by atoms with Crippen LogP contribution < -0.4 is 15.5 Å². The van der Waals surface area contributed by atoms with Crippen molar-refractivity contribution in [3.8, 4) is 0 Å². The Morgan fingerprint density at radius 3 is 1.76 bits per heavy atom. The van der Waals surface area contributed by atoms with Crippen molar-refractivity contribution in [1.29, 1.82) is 0 Å². The molecule has 0 bridgehead atoms. The van der Waals surface area contributed by atoms with E-state index < -0.39 is 0 Å². The molecule has 2 N–H and O–H groups in total. The summed E-state index contributed by atoms with van der Waals surface area (Å²) in [6, 6.07) is 25.8. The SMILES string of the molecule is CC(C)(C)NC(=O)Nc1cc2c3c(c1)C(c1ccccc1)CCN3CCC2c1ccccc1. The van der Waals surface area contributed by atoms with E-state index in [-0.39, 0.29) is 11.6 Å². The number of rotatable bonds is 3. The molecule has 5 rings (SSSR count). The Morgan fingerprint density at radius 2 is 1.30 bits per heavy atom. The number of carbonyl (C=O) groups is 1. The first-order valence-corrected chi connectivity index (χ1v) is 12.0. The molecule has 2 heterocycles. The van der Waals surface area contributed by atoms with Gasteiger partial charge in [0.15, 0.2) is 0 Å². The minimum Gasteiger partial charge on any atom is -0.371 e. The van der Waals surface area contributed by atoms with E-state index in [1.54, 1.807) is 0 Å². The van der Waals surface area contributed by atoms with Crippen molar-refractivity contribution in [2.75, 3.05) is 23.3 Å². The fraction of sp³-hybridized carbons (Fsp3) is 0.345. The van der Waals surface area contributed by atoms with Gasteiger partial charge in [0.05, 0.1) is 0 Å². The summed E-state index contributed by atoms with van der Waals surface area (Å²) in [7, 11) is 0. The van der Waals surface area contributed by atoms with Crippen molar-refractivity contribution in [3.63, 3.8) is 0 Å². The monoisotopic (exact) mass is 439 g/mol. The van der Waals surface area contributed by atoms with Gasteiger partial charge in [0.25, 0.3) is 0 Å². The molecule has 170 valence electrons. The summed E-state index contributed by atoms with van der Waals surface area (Å²) in [4.78, 5) is 15.3. The van der Waals surface area contributed by atoms with Gasteiger partial charge in [-0.25, -0.2) is 4.79 Å². The molecule has 0 fully saturated rings. The molecule has 3 aromatic rings. The summed E-state index contributed by atoms with van der Waals surface area (Å²) >= 11 is 0. The van der Waals surface area contributed by atoms with Crippen LogP contribution in [0.15, 0.2) is 72.8 Å². The highest BCUT2D eigenvalue weighted by atomic mass is 16.2. The lowest BCUT2D eigenvalue weighted by Gasteiger charge is -2.43. The van der Waals surface area contributed by atoms with Gasteiger partial charge >= 0.3 is 6.03 Å². The van der Waals surface area contributed by atoms with Gasteiger partial charge in [-0.3, -0.25) is 0 Å². The van der Waals surface area contributed by atoms with Crippen LogP contribution in [-0.4, -0.2) is 24.7 Å². The zero-order chi connectivity index (χ0) is 23.0. The van der Waals surface area contributed by atoms with Crippen LogP contribution in [0, 0.1) is 0 Å². The highest BCUT2D eigenvalue weighted by Crippen LogP contribution is 2.49. The minimum atomic E-state index is -0.289. The summed E-state index contributed by atoms with van der Waals surface area (Å²) in [6.45, 7) is 8.13. The molecule has 0 saturated heterocycles. The molecule has 0 spiro atoms. The Labute approximate surface area is 197 Å². The van der Waals surface area contributed by atoms with E-state index in [4.69, 9.17) is 0 Å². The molecule has 33 heavy (non-hydrogen) atoms. The Hall–Kier alpha value is -3.27. The number of amides is 2. The molecule has 0 radical (unpaired) electrons. The van der Waals surface area contributed by atoms with Crippen molar-refractivity contribution in [1.82, 2.24) is 5.32 Å². The maximum atomic E-state index is 12.7. The highest BCUT2D eigenvalue weighted by molar-refractivity contribution is 5.91. The molecule has 2 atom stereocenters. The van der Waals surface area contributed by atoms with E-state index in [2.05, 4.69) is 88.3 Å². The quantitative estimate of drug-likeness (QED) is 0.490. The van der Waals surface area contributed by atoms with Crippen LogP contribution in [0.4, 0.5) is 16.2 Å². The van der Waals surface area contributed by atoms with Crippen molar-refractivity contribution < 1.29 is 4.79 Å². The molecule has 0 saturated carbocycles. The second-order valence-electron chi connectivity index (χ2n) is 10.3. The van der Waals surface area contributed by atoms with Crippen molar-refractivity contribution >= 4 is 17.4 Å². The Bertz CT molecular complexity index is 1060. The van der Waals surface area contributed by atoms with E-state index in [0.717, 1.165) is 31.6 Å². The largest absolute Gasteiger partial charge is 0.371 e. The van der Waals surface area contributed by atoms with Gasteiger partial charge in [-0.2, -0.15) is 0 Å². The van der Waals surface area contributed by atoms with Crippen molar-refractivity contribution in [2.24, 2.45) is 0 Å². The predicted octanol–water partition coefficient (Wildman–Crippen LogP) is 6.48. The average Bonchev–Trinajstić information content (AvgIpc) is 2.79. The van der Waals surface area contributed by atoms with Gasteiger partial charge < -0.3 is 15.5 Å². The number of hydrogen-bond acceptors (Lipinski definition) is 2. The number of benzene rings is 3. The van der Waals surface area contributed by atoms with E-state index in [1.807, 2.05) is 20.8 Å². The molecule has 0 aliphatic carbocycles. The van der Waals surface area contributed by atoms with Gasteiger partial charge in [0, 0.05) is 41.8 Å². The second-order valence-corrected chi connectivity index (χ2v) is 10.3. The van der Waals surface area contributed by atoms with Gasteiger partial charge in [0.2, 0.25) is 0 Å². The first-order chi connectivity index (χ1) is 15.9. The molecule has 2 unspecified atom stereocenters. The lowest BCUT2D eigenvalue weighted by atomic mass is 9.76. The number of urea groups is 1. The molecule has 2 aliphatic heterocycles. The Kier molecular flexibility index (Phi) is 5.61. The van der Waals surface area contributed by atoms with Gasteiger partial charge in [-0.05, 0) is 68.0 Å². The summed E-state index contributed by atoms with van der Waals surface area (Å²) in [5.74, 6) is 0.663. The number of nitrogens with zero attached hydrogens (tertiary/aromatic N) is 1. The normalized spacial score (nSPS) is 19.5. The zero-order valence-corrected chi connectivity index (χ0v) is 19.8. The maximum absolute atomic E-state index is 12.7. The number of hydrogen-bond donors (Lipinski definition) is 2. The van der Waals surface area contributed by atoms with Crippen LogP contribution in [0.5, 0.6) is 0 Å². The number of anilines is 2. The summed E-state index contributed by atoms with van der Waals surface area (Å²) < 4.78 is 0. The number of carbonyl (C=O) groups excluding carboxylic acids is 1. The van der Waals surface area contributed by atoms with Crippen LogP contribution >= 0.6 is 0 Å². The molecular weight excluding hydrogens is 406 g/mol. The van der Waals surface area contributed by atoms with Gasteiger partial charge in [-0.1, -0.05) is 60.7 Å². The van der Waals surface area contributed by atoms with Crippen LogP contribution in [0.3, 0.4) is 0 Å².